The first-order valence-electron chi connectivity index (χ1n) is 5.24. The molecule has 3 aliphatic rings. The Bertz CT molecular complexity index is 415. The first kappa shape index (κ1) is 9.99. The lowest BCUT2D eigenvalue weighted by molar-refractivity contribution is -0.215. The maximum atomic E-state index is 11.7. The molecule has 1 saturated heterocycles. The van der Waals surface area contributed by atoms with E-state index in [0.717, 1.165) is 0 Å². The summed E-state index contributed by atoms with van der Waals surface area (Å²) < 4.78 is 10.9. The van der Waals surface area contributed by atoms with Gasteiger partial charge in [0.15, 0.2) is 5.78 Å². The number of hydrogen-bond donors (Lipinski definition) is 1. The van der Waals surface area contributed by atoms with Gasteiger partial charge in [0.05, 0.1) is 12.5 Å². The van der Waals surface area contributed by atoms with E-state index < -0.39 is 17.2 Å². The number of ether oxygens (including phenoxy) is 2. The van der Waals surface area contributed by atoms with E-state index in [9.17, 15) is 14.7 Å². The van der Waals surface area contributed by atoms with Gasteiger partial charge in [0, 0.05) is 13.0 Å². The van der Waals surface area contributed by atoms with Crippen molar-refractivity contribution in [2.75, 3.05) is 13.7 Å². The van der Waals surface area contributed by atoms with E-state index in [-0.39, 0.29) is 17.6 Å². The lowest BCUT2D eigenvalue weighted by Gasteiger charge is -2.55. The number of carbonyl (C=O) groups is 2. The number of methoxy groups -OCH3 is 1. The lowest BCUT2D eigenvalue weighted by Crippen LogP contribution is -2.71. The summed E-state index contributed by atoms with van der Waals surface area (Å²) in [6.07, 6.45) is 3.32. The zero-order valence-electron chi connectivity index (χ0n) is 8.80. The third-order valence-electron chi connectivity index (χ3n) is 4.22. The molecule has 86 valence electrons. The van der Waals surface area contributed by atoms with Crippen LogP contribution < -0.4 is 0 Å². The van der Waals surface area contributed by atoms with Crippen LogP contribution in [-0.4, -0.2) is 41.8 Å². The van der Waals surface area contributed by atoms with Crippen LogP contribution in [0, 0.1) is 11.8 Å². The van der Waals surface area contributed by atoms with Crippen LogP contribution in [-0.2, 0) is 19.1 Å². The van der Waals surface area contributed by atoms with Gasteiger partial charge in [-0.25, -0.2) is 4.79 Å². The van der Waals surface area contributed by atoms with Crippen LogP contribution in [0.4, 0.5) is 0 Å². The lowest BCUT2D eigenvalue weighted by atomic mass is 9.52. The van der Waals surface area contributed by atoms with Gasteiger partial charge >= 0.3 is 5.97 Å². The average molecular weight is 224 g/mol. The number of aliphatic carboxylic acids is 1. The fraction of sp³-hybridized carbons (Fsp3) is 0.636. The zero-order valence-corrected chi connectivity index (χ0v) is 8.80. The molecule has 0 spiro atoms. The molecule has 0 aromatic heterocycles. The standard InChI is InChI=1S/C11H12O5/c1-15-11-6-4-7(11)8(12)2-3-10(11,9(13)14)16-5-6/h2-3,6-7H,4-5H2,1H3,(H,13,14)/t6-,7+,10+,11-/m1/s1. The van der Waals surface area contributed by atoms with Gasteiger partial charge in [0.2, 0.25) is 5.60 Å². The third-order valence-corrected chi connectivity index (χ3v) is 4.22. The SMILES string of the molecule is CO[C@@]12[C@H]3CO[C@]1(C(=O)O)C=CC(=O)[C@@H]2C3. The second-order valence-corrected chi connectivity index (χ2v) is 4.57. The molecule has 4 atom stereocenters. The van der Waals surface area contributed by atoms with Crippen molar-refractivity contribution in [1.29, 1.82) is 0 Å². The molecule has 0 bridgehead atoms. The van der Waals surface area contributed by atoms with E-state index in [1.807, 2.05) is 0 Å². The van der Waals surface area contributed by atoms with Crippen LogP contribution in [0.5, 0.6) is 0 Å². The number of ketones is 1. The molecule has 1 aliphatic heterocycles. The van der Waals surface area contributed by atoms with Gasteiger partial charge in [0.1, 0.15) is 5.60 Å². The Kier molecular flexibility index (Phi) is 1.70. The molecule has 1 N–H and O–H groups in total. The molecule has 1 heterocycles. The maximum absolute atomic E-state index is 11.7. The van der Waals surface area contributed by atoms with E-state index in [0.29, 0.717) is 13.0 Å². The molecular formula is C11H12O5. The Morgan fingerprint density at radius 3 is 3.06 bits per heavy atom. The topological polar surface area (TPSA) is 72.8 Å². The third kappa shape index (κ3) is 0.748. The fourth-order valence-electron chi connectivity index (χ4n) is 3.44. The summed E-state index contributed by atoms with van der Waals surface area (Å²) in [7, 11) is 1.46. The van der Waals surface area contributed by atoms with Crippen molar-refractivity contribution in [2.45, 2.75) is 17.6 Å². The van der Waals surface area contributed by atoms with Gasteiger partial charge in [-0.15, -0.1) is 0 Å². The molecule has 2 aliphatic carbocycles. The Morgan fingerprint density at radius 1 is 1.69 bits per heavy atom. The van der Waals surface area contributed by atoms with Crippen LogP contribution in [0.25, 0.3) is 0 Å². The van der Waals surface area contributed by atoms with Crippen molar-refractivity contribution < 1.29 is 24.2 Å². The molecule has 0 unspecified atom stereocenters. The van der Waals surface area contributed by atoms with Crippen molar-refractivity contribution >= 4 is 11.8 Å². The Balaban J connectivity index is 2.20. The molecule has 1 saturated carbocycles. The van der Waals surface area contributed by atoms with E-state index >= 15 is 0 Å². The summed E-state index contributed by atoms with van der Waals surface area (Å²) in [6, 6.07) is 0. The van der Waals surface area contributed by atoms with Crippen molar-refractivity contribution in [3.8, 4) is 0 Å². The van der Waals surface area contributed by atoms with Crippen molar-refractivity contribution in [2.24, 2.45) is 11.8 Å². The molecule has 0 aromatic rings. The van der Waals surface area contributed by atoms with Gasteiger partial charge in [-0.2, -0.15) is 0 Å². The van der Waals surface area contributed by atoms with Gasteiger partial charge in [0.25, 0.3) is 0 Å². The van der Waals surface area contributed by atoms with Crippen LogP contribution in [0.3, 0.4) is 0 Å². The summed E-state index contributed by atoms with van der Waals surface area (Å²) in [5.41, 5.74) is -2.45. The van der Waals surface area contributed by atoms with Crippen LogP contribution >= 0.6 is 0 Å². The largest absolute Gasteiger partial charge is 0.479 e. The Hall–Kier alpha value is -1.20. The van der Waals surface area contributed by atoms with Crippen molar-refractivity contribution in [3.05, 3.63) is 12.2 Å². The second kappa shape index (κ2) is 2.73. The molecule has 0 amide bonds. The number of rotatable bonds is 2. The minimum Gasteiger partial charge on any atom is -0.479 e. The highest BCUT2D eigenvalue weighted by atomic mass is 16.6. The fourth-order valence-corrected chi connectivity index (χ4v) is 3.44. The average Bonchev–Trinajstić information content (AvgIpc) is 2.51. The summed E-state index contributed by atoms with van der Waals surface area (Å²) in [6.45, 7) is 0.342. The summed E-state index contributed by atoms with van der Waals surface area (Å²) in [5.74, 6) is -1.50. The van der Waals surface area contributed by atoms with Gasteiger partial charge in [-0.1, -0.05) is 0 Å². The number of allylic oxidation sites excluding steroid dienone is 1. The molecule has 16 heavy (non-hydrogen) atoms. The first-order valence-corrected chi connectivity index (χ1v) is 5.24. The Morgan fingerprint density at radius 2 is 2.44 bits per heavy atom. The van der Waals surface area contributed by atoms with E-state index in [1.165, 1.54) is 19.3 Å². The number of hydrogen-bond acceptors (Lipinski definition) is 4. The highest BCUT2D eigenvalue weighted by molar-refractivity contribution is 6.00. The molecule has 0 aromatic carbocycles. The molecule has 5 nitrogen and oxygen atoms in total. The summed E-state index contributed by atoms with van der Waals surface area (Å²) in [4.78, 5) is 23.1. The summed E-state index contributed by atoms with van der Waals surface area (Å²) >= 11 is 0. The van der Waals surface area contributed by atoms with Crippen LogP contribution in [0.2, 0.25) is 0 Å². The number of carboxylic acids is 1. The number of carbonyl (C=O) groups excluding carboxylic acids is 1. The summed E-state index contributed by atoms with van der Waals surface area (Å²) in [5, 5.41) is 9.35. The van der Waals surface area contributed by atoms with E-state index in [2.05, 4.69) is 0 Å². The van der Waals surface area contributed by atoms with E-state index in [1.54, 1.807) is 0 Å². The number of carboxylic acid groups (broad SMARTS) is 1. The van der Waals surface area contributed by atoms with Gasteiger partial charge in [-0.05, 0) is 18.6 Å². The van der Waals surface area contributed by atoms with Crippen LogP contribution in [0.1, 0.15) is 6.42 Å². The van der Waals surface area contributed by atoms with Crippen molar-refractivity contribution in [3.63, 3.8) is 0 Å². The smallest absolute Gasteiger partial charge is 0.343 e. The first-order chi connectivity index (χ1) is 7.58. The highest BCUT2D eigenvalue weighted by Gasteiger charge is 2.77. The van der Waals surface area contributed by atoms with Gasteiger partial charge < -0.3 is 14.6 Å². The van der Waals surface area contributed by atoms with Crippen LogP contribution in [0.15, 0.2) is 12.2 Å². The minimum atomic E-state index is -1.47. The zero-order chi connectivity index (χ0) is 11.6. The second-order valence-electron chi connectivity index (χ2n) is 4.57. The molecular weight excluding hydrogens is 212 g/mol. The monoisotopic (exact) mass is 224 g/mol. The minimum absolute atomic E-state index is 0.00694. The molecule has 3 rings (SSSR count). The molecule has 2 fully saturated rings. The molecule has 5 heteroatoms. The highest BCUT2D eigenvalue weighted by Crippen LogP contribution is 2.61. The van der Waals surface area contributed by atoms with Crippen molar-refractivity contribution in [1.82, 2.24) is 0 Å². The molecule has 0 radical (unpaired) electrons. The predicted molar refractivity (Wildman–Crippen MR) is 51.8 cm³/mol. The predicted octanol–water partition coefficient (Wildman–Crippen LogP) is 0.000200. The van der Waals surface area contributed by atoms with Gasteiger partial charge in [-0.3, -0.25) is 4.79 Å². The normalized spacial score (nSPS) is 48.7. The quantitative estimate of drug-likeness (QED) is 0.714. The Labute approximate surface area is 92.0 Å². The van der Waals surface area contributed by atoms with E-state index in [4.69, 9.17) is 9.47 Å². The maximum Gasteiger partial charge on any atom is 0.343 e.